The minimum atomic E-state index is -0.597. The molecule has 0 atom stereocenters. The molecule has 0 aliphatic rings. The van der Waals surface area contributed by atoms with Crippen molar-refractivity contribution < 1.29 is 28.5 Å². The van der Waals surface area contributed by atoms with Gasteiger partial charge in [0.1, 0.15) is 11.2 Å². The largest absolute Gasteiger partial charge is 0.478 e. The van der Waals surface area contributed by atoms with E-state index < -0.39 is 23.1 Å². The Morgan fingerprint density at radius 2 is 1.07 bits per heavy atom. The van der Waals surface area contributed by atoms with Gasteiger partial charge < -0.3 is 18.9 Å². The first-order valence-electron chi connectivity index (χ1n) is 9.15. The number of ether oxygens (including phenoxy) is 4. The third-order valence-corrected chi connectivity index (χ3v) is 3.34. The third-order valence-electron chi connectivity index (χ3n) is 3.34. The number of carbonyl (C=O) groups excluding carboxylic acids is 2. The number of fused-ring (bicyclic) bond motifs is 1. The predicted molar refractivity (Wildman–Crippen MR) is 107 cm³/mol. The van der Waals surface area contributed by atoms with Crippen LogP contribution < -0.4 is 9.47 Å². The van der Waals surface area contributed by atoms with Crippen LogP contribution in [0.5, 0.6) is 11.5 Å². The molecule has 6 nitrogen and oxygen atoms in total. The molecule has 2 aromatic rings. The zero-order valence-electron chi connectivity index (χ0n) is 17.3. The van der Waals surface area contributed by atoms with Crippen molar-refractivity contribution in [3.8, 4) is 11.5 Å². The summed E-state index contributed by atoms with van der Waals surface area (Å²) in [4.78, 5) is 23.9. The minimum Gasteiger partial charge on any atom is -0.478 e. The van der Waals surface area contributed by atoms with E-state index in [4.69, 9.17) is 18.9 Å². The molecule has 0 saturated heterocycles. The van der Waals surface area contributed by atoms with Gasteiger partial charge in [0.05, 0.1) is 0 Å². The monoisotopic (exact) mass is 388 g/mol. The van der Waals surface area contributed by atoms with Crippen molar-refractivity contribution in [2.45, 2.75) is 52.7 Å². The average molecular weight is 388 g/mol. The quantitative estimate of drug-likeness (QED) is 0.688. The zero-order valence-corrected chi connectivity index (χ0v) is 17.3. The maximum absolute atomic E-state index is 12.0. The summed E-state index contributed by atoms with van der Waals surface area (Å²) in [5, 5.41) is 1.85. The van der Waals surface area contributed by atoms with Crippen LogP contribution in [0, 0.1) is 0 Å². The number of hydrogen-bond acceptors (Lipinski definition) is 6. The summed E-state index contributed by atoms with van der Waals surface area (Å²) in [5.41, 5.74) is -1.19. The summed E-state index contributed by atoms with van der Waals surface area (Å²) in [6, 6.07) is 11.2. The Bertz CT molecular complexity index is 772. The lowest BCUT2D eigenvalue weighted by molar-refractivity contribution is -0.158. The van der Waals surface area contributed by atoms with E-state index >= 15 is 0 Å². The molecule has 2 aromatic carbocycles. The highest BCUT2D eigenvalue weighted by atomic mass is 16.6. The Labute approximate surface area is 165 Å². The zero-order chi connectivity index (χ0) is 20.9. The summed E-state index contributed by atoms with van der Waals surface area (Å²) in [5.74, 6) is -0.265. The Hall–Kier alpha value is -2.76. The van der Waals surface area contributed by atoms with Gasteiger partial charge in [-0.05, 0) is 64.4 Å². The van der Waals surface area contributed by atoms with Crippen LogP contribution >= 0.6 is 0 Å². The molecule has 28 heavy (non-hydrogen) atoms. The molecular formula is C22H28O6. The molecular weight excluding hydrogens is 360 g/mol. The van der Waals surface area contributed by atoms with Gasteiger partial charge in [0.2, 0.25) is 0 Å². The number of hydrogen-bond donors (Lipinski definition) is 0. The molecule has 0 radical (unpaired) electrons. The molecule has 0 unspecified atom stereocenters. The maximum Gasteiger partial charge on any atom is 0.344 e. The van der Waals surface area contributed by atoms with E-state index in [1.165, 1.54) is 0 Å². The fourth-order valence-electron chi connectivity index (χ4n) is 2.44. The molecule has 0 heterocycles. The molecule has 0 aromatic heterocycles. The first-order chi connectivity index (χ1) is 12.9. The highest BCUT2D eigenvalue weighted by molar-refractivity contribution is 5.86. The molecule has 0 aliphatic heterocycles. The van der Waals surface area contributed by atoms with E-state index in [0.29, 0.717) is 11.5 Å². The van der Waals surface area contributed by atoms with Gasteiger partial charge in [0, 0.05) is 0 Å². The average Bonchev–Trinajstić information content (AvgIpc) is 2.54. The lowest BCUT2D eigenvalue weighted by Crippen LogP contribution is -2.28. The molecule has 0 bridgehead atoms. The van der Waals surface area contributed by atoms with Crippen molar-refractivity contribution in [1.82, 2.24) is 0 Å². The van der Waals surface area contributed by atoms with Gasteiger partial charge in [0.15, 0.2) is 24.7 Å². The van der Waals surface area contributed by atoms with E-state index in [2.05, 4.69) is 0 Å². The van der Waals surface area contributed by atoms with Crippen molar-refractivity contribution in [1.29, 1.82) is 0 Å². The number of benzene rings is 2. The van der Waals surface area contributed by atoms with Gasteiger partial charge in [0.25, 0.3) is 0 Å². The molecule has 0 amide bonds. The van der Waals surface area contributed by atoms with Crippen LogP contribution in [0.4, 0.5) is 0 Å². The third kappa shape index (κ3) is 7.10. The SMILES string of the molecule is CC(C)(C)OC(=O)COc1cc2ccccc2cc1OCC(=O)OC(C)(C)C. The Balaban J connectivity index is 2.16. The molecule has 152 valence electrons. The molecule has 0 saturated carbocycles. The van der Waals surface area contributed by atoms with Crippen molar-refractivity contribution in [3.63, 3.8) is 0 Å². The van der Waals surface area contributed by atoms with Crippen molar-refractivity contribution in [2.24, 2.45) is 0 Å². The fraction of sp³-hybridized carbons (Fsp3) is 0.455. The second kappa shape index (κ2) is 8.50. The molecule has 6 heteroatoms. The molecule has 0 spiro atoms. The molecule has 0 aliphatic carbocycles. The summed E-state index contributed by atoms with van der Waals surface area (Å²) in [6.45, 7) is 10.2. The second-order valence-corrected chi connectivity index (χ2v) is 8.40. The number of rotatable bonds is 6. The van der Waals surface area contributed by atoms with Gasteiger partial charge in [-0.2, -0.15) is 0 Å². The van der Waals surface area contributed by atoms with Crippen LogP contribution in [0.25, 0.3) is 10.8 Å². The fourth-order valence-corrected chi connectivity index (χ4v) is 2.44. The van der Waals surface area contributed by atoms with Crippen LogP contribution in [-0.2, 0) is 19.1 Å². The van der Waals surface area contributed by atoms with Crippen molar-refractivity contribution in [2.75, 3.05) is 13.2 Å². The van der Waals surface area contributed by atoms with E-state index in [9.17, 15) is 9.59 Å². The van der Waals surface area contributed by atoms with Gasteiger partial charge in [-0.1, -0.05) is 24.3 Å². The topological polar surface area (TPSA) is 71.1 Å². The van der Waals surface area contributed by atoms with Gasteiger partial charge in [-0.15, -0.1) is 0 Å². The number of esters is 2. The molecule has 0 fully saturated rings. The van der Waals surface area contributed by atoms with Gasteiger partial charge in [-0.25, -0.2) is 9.59 Å². The summed E-state index contributed by atoms with van der Waals surface area (Å²) in [7, 11) is 0. The van der Waals surface area contributed by atoms with E-state index in [1.807, 2.05) is 24.3 Å². The second-order valence-electron chi connectivity index (χ2n) is 8.40. The summed E-state index contributed by atoms with van der Waals surface area (Å²) < 4.78 is 21.8. The summed E-state index contributed by atoms with van der Waals surface area (Å²) >= 11 is 0. The lowest BCUT2D eigenvalue weighted by Gasteiger charge is -2.21. The highest BCUT2D eigenvalue weighted by Crippen LogP contribution is 2.33. The van der Waals surface area contributed by atoms with Crippen LogP contribution in [0.15, 0.2) is 36.4 Å². The predicted octanol–water partition coefficient (Wildman–Crippen LogP) is 4.28. The minimum absolute atomic E-state index is 0.265. The summed E-state index contributed by atoms with van der Waals surface area (Å²) in [6.07, 6.45) is 0. The first kappa shape index (κ1) is 21.5. The standard InChI is InChI=1S/C22H28O6/c1-21(2,3)27-19(23)13-25-17-11-15-9-7-8-10-16(15)12-18(17)26-14-20(24)28-22(4,5)6/h7-12H,13-14H2,1-6H3. The maximum atomic E-state index is 12.0. The Morgan fingerprint density at radius 3 is 1.39 bits per heavy atom. The first-order valence-corrected chi connectivity index (χ1v) is 9.15. The van der Waals surface area contributed by atoms with Gasteiger partial charge in [-0.3, -0.25) is 0 Å². The molecule has 0 N–H and O–H groups in total. The van der Waals surface area contributed by atoms with Crippen LogP contribution in [-0.4, -0.2) is 36.4 Å². The Kier molecular flexibility index (Phi) is 6.54. The van der Waals surface area contributed by atoms with Crippen molar-refractivity contribution >= 4 is 22.7 Å². The molecule has 2 rings (SSSR count). The van der Waals surface area contributed by atoms with Crippen LogP contribution in [0.3, 0.4) is 0 Å². The number of carbonyl (C=O) groups is 2. The Morgan fingerprint density at radius 1 is 0.714 bits per heavy atom. The van der Waals surface area contributed by atoms with Crippen LogP contribution in [0.1, 0.15) is 41.5 Å². The highest BCUT2D eigenvalue weighted by Gasteiger charge is 2.19. The lowest BCUT2D eigenvalue weighted by atomic mass is 10.1. The van der Waals surface area contributed by atoms with Crippen molar-refractivity contribution in [3.05, 3.63) is 36.4 Å². The van der Waals surface area contributed by atoms with E-state index in [-0.39, 0.29) is 13.2 Å². The van der Waals surface area contributed by atoms with E-state index in [1.54, 1.807) is 53.7 Å². The van der Waals surface area contributed by atoms with Crippen LogP contribution in [0.2, 0.25) is 0 Å². The normalized spacial score (nSPS) is 11.8. The van der Waals surface area contributed by atoms with Gasteiger partial charge >= 0.3 is 11.9 Å². The smallest absolute Gasteiger partial charge is 0.344 e. The van der Waals surface area contributed by atoms with E-state index in [0.717, 1.165) is 10.8 Å².